The Balaban J connectivity index is 1.40. The number of aliphatic hydroxyl groups is 2. The monoisotopic (exact) mass is 417 g/mol. The van der Waals surface area contributed by atoms with Crippen molar-refractivity contribution in [3.63, 3.8) is 0 Å². The lowest BCUT2D eigenvalue weighted by Crippen LogP contribution is -2.46. The van der Waals surface area contributed by atoms with E-state index in [-0.39, 0.29) is 0 Å². The second-order valence-corrected chi connectivity index (χ2v) is 9.01. The van der Waals surface area contributed by atoms with E-state index in [0.29, 0.717) is 24.5 Å². The van der Waals surface area contributed by atoms with Crippen molar-refractivity contribution < 1.29 is 10.2 Å². The summed E-state index contributed by atoms with van der Waals surface area (Å²) in [4.78, 5) is 8.53. The van der Waals surface area contributed by atoms with Gasteiger partial charge in [0.1, 0.15) is 17.7 Å². The smallest absolute Gasteiger partial charge is 0.168 e. The number of nitrogens with zero attached hydrogens (tertiary/aromatic N) is 3. The summed E-state index contributed by atoms with van der Waals surface area (Å²) in [5, 5.41) is 24.7. The topological polar surface area (TPSA) is 123 Å². The van der Waals surface area contributed by atoms with E-state index in [1.54, 1.807) is 23.0 Å². The molecule has 31 heavy (non-hydrogen) atoms. The lowest BCUT2D eigenvalue weighted by molar-refractivity contribution is -0.140. The van der Waals surface area contributed by atoms with Gasteiger partial charge in [-0.3, -0.25) is 0 Å². The van der Waals surface area contributed by atoms with Crippen molar-refractivity contribution >= 4 is 33.4 Å². The highest BCUT2D eigenvalue weighted by Crippen LogP contribution is 2.50. The Bertz CT molecular complexity index is 1290. The lowest BCUT2D eigenvalue weighted by Gasteiger charge is -2.36. The summed E-state index contributed by atoms with van der Waals surface area (Å²) in [6.45, 7) is 2.05. The van der Waals surface area contributed by atoms with Crippen LogP contribution in [0.1, 0.15) is 31.7 Å². The van der Waals surface area contributed by atoms with E-state index < -0.39 is 17.2 Å². The maximum absolute atomic E-state index is 11.5. The number of rotatable bonds is 4. The molecule has 3 heterocycles. The Labute approximate surface area is 180 Å². The number of aliphatic hydroxyl groups excluding tert-OH is 1. The van der Waals surface area contributed by atoms with Gasteiger partial charge >= 0.3 is 0 Å². The summed E-state index contributed by atoms with van der Waals surface area (Å²) in [5.74, 6) is 0.920. The summed E-state index contributed by atoms with van der Waals surface area (Å²) in [7, 11) is 0. The predicted molar refractivity (Wildman–Crippen MR) is 122 cm³/mol. The Hall–Kier alpha value is -3.16. The van der Waals surface area contributed by atoms with Crippen LogP contribution in [0.15, 0.2) is 54.9 Å². The largest absolute Gasteiger partial charge is 0.388 e. The number of fused-ring (bicyclic) bond motifs is 2. The average molecular weight is 418 g/mol. The minimum atomic E-state index is -1.39. The van der Waals surface area contributed by atoms with Crippen LogP contribution in [-0.2, 0) is 12.1 Å². The van der Waals surface area contributed by atoms with Crippen molar-refractivity contribution in [3.8, 4) is 0 Å². The van der Waals surface area contributed by atoms with Crippen LogP contribution in [0.2, 0.25) is 0 Å². The molecule has 7 heteroatoms. The van der Waals surface area contributed by atoms with Gasteiger partial charge in [-0.2, -0.15) is 0 Å². The molecule has 0 spiro atoms. The number of aromatic nitrogens is 3. The van der Waals surface area contributed by atoms with Crippen LogP contribution in [0.25, 0.3) is 21.8 Å². The second kappa shape index (κ2) is 6.93. The second-order valence-electron chi connectivity index (χ2n) is 9.01. The maximum atomic E-state index is 11.5. The quantitative estimate of drug-likeness (QED) is 0.404. The highest BCUT2D eigenvalue weighted by molar-refractivity contribution is 5.89. The molecule has 160 valence electrons. The third-order valence-electron chi connectivity index (χ3n) is 6.99. The maximum Gasteiger partial charge on any atom is 0.168 e. The van der Waals surface area contributed by atoms with E-state index in [9.17, 15) is 10.2 Å². The molecule has 3 aromatic heterocycles. The number of hydrogen-bond acceptors (Lipinski definition) is 6. The van der Waals surface area contributed by atoms with Gasteiger partial charge in [0.2, 0.25) is 0 Å². The van der Waals surface area contributed by atoms with Crippen LogP contribution in [0.4, 0.5) is 11.6 Å². The van der Waals surface area contributed by atoms with Crippen LogP contribution in [0.5, 0.6) is 0 Å². The Kier molecular flexibility index (Phi) is 4.42. The predicted octanol–water partition coefficient (Wildman–Crippen LogP) is 3.19. The first-order valence-corrected chi connectivity index (χ1v) is 10.6. The molecule has 1 saturated carbocycles. The first kappa shape index (κ1) is 19.8. The van der Waals surface area contributed by atoms with Gasteiger partial charge < -0.3 is 26.2 Å². The van der Waals surface area contributed by atoms with Crippen molar-refractivity contribution in [3.05, 3.63) is 60.4 Å². The zero-order chi connectivity index (χ0) is 21.8. The summed E-state index contributed by atoms with van der Waals surface area (Å²) in [6.07, 6.45) is 5.19. The molecule has 0 radical (unpaired) electrons. The molecule has 1 aromatic carbocycles. The Morgan fingerprint density at radius 1 is 1.13 bits per heavy atom. The third-order valence-corrected chi connectivity index (χ3v) is 6.99. The minimum Gasteiger partial charge on any atom is -0.388 e. The molecule has 6 N–H and O–H groups in total. The number of nitrogens with two attached hydrogens (primary N) is 2. The standard InChI is InChI=1S/C24H27N5O2/c1-23(9-6-15-2-3-16-4-5-20(25)28-18(16)14-15)10-11-24(31,22(23)30)29-13-8-17-19(29)7-12-27-21(17)26/h2-5,7-8,12-14,22,30-31H,6,9-11H2,1H3,(H2,25,28)(H2,26,27)/t22-,23+,24+/m1/s1. The zero-order valence-electron chi connectivity index (χ0n) is 17.5. The van der Waals surface area contributed by atoms with Gasteiger partial charge in [0, 0.05) is 23.2 Å². The molecule has 7 nitrogen and oxygen atoms in total. The van der Waals surface area contributed by atoms with Crippen LogP contribution in [-0.4, -0.2) is 30.9 Å². The Morgan fingerprint density at radius 2 is 1.94 bits per heavy atom. The number of pyridine rings is 2. The first-order chi connectivity index (χ1) is 14.8. The molecule has 3 atom stereocenters. The van der Waals surface area contributed by atoms with Crippen LogP contribution in [0, 0.1) is 5.41 Å². The van der Waals surface area contributed by atoms with Gasteiger partial charge in [0.25, 0.3) is 0 Å². The fraction of sp³-hybridized carbons (Fsp3) is 0.333. The number of hydrogen-bond donors (Lipinski definition) is 4. The van der Waals surface area contributed by atoms with Crippen LogP contribution in [0.3, 0.4) is 0 Å². The van der Waals surface area contributed by atoms with E-state index in [2.05, 4.69) is 29.0 Å². The normalized spacial score (nSPS) is 26.1. The van der Waals surface area contributed by atoms with Gasteiger partial charge in [0.05, 0.1) is 11.0 Å². The number of anilines is 2. The summed E-state index contributed by atoms with van der Waals surface area (Å²) >= 11 is 0. The van der Waals surface area contributed by atoms with Crippen molar-refractivity contribution in [2.24, 2.45) is 5.41 Å². The number of aryl methyl sites for hydroxylation is 1. The highest BCUT2D eigenvalue weighted by atomic mass is 16.4. The van der Waals surface area contributed by atoms with E-state index in [1.165, 1.54) is 0 Å². The SMILES string of the molecule is C[C@]1(CCc2ccc3ccc(N)nc3c2)CC[C@@](O)(n2ccc3c(N)nccc32)[C@@H]1O. The van der Waals surface area contributed by atoms with Gasteiger partial charge in [-0.05, 0) is 67.0 Å². The van der Waals surface area contributed by atoms with E-state index in [0.717, 1.165) is 40.2 Å². The van der Waals surface area contributed by atoms with Gasteiger partial charge in [-0.25, -0.2) is 9.97 Å². The minimum absolute atomic E-state index is 0.417. The first-order valence-electron chi connectivity index (χ1n) is 10.6. The van der Waals surface area contributed by atoms with Crippen molar-refractivity contribution in [1.29, 1.82) is 0 Å². The van der Waals surface area contributed by atoms with Gasteiger partial charge in [0.15, 0.2) is 5.72 Å². The molecule has 0 aliphatic heterocycles. The fourth-order valence-corrected chi connectivity index (χ4v) is 5.01. The average Bonchev–Trinajstić information content (AvgIpc) is 3.30. The van der Waals surface area contributed by atoms with Gasteiger partial charge in [-0.15, -0.1) is 0 Å². The molecular weight excluding hydrogens is 390 g/mol. The molecule has 1 aliphatic rings. The molecule has 4 aromatic rings. The molecule has 0 amide bonds. The number of nitrogen functional groups attached to an aromatic ring is 2. The third kappa shape index (κ3) is 3.12. The summed E-state index contributed by atoms with van der Waals surface area (Å²) in [5.41, 5.74) is 12.8. The van der Waals surface area contributed by atoms with E-state index in [1.807, 2.05) is 24.3 Å². The molecule has 0 bridgehead atoms. The summed E-state index contributed by atoms with van der Waals surface area (Å²) < 4.78 is 1.75. The molecule has 1 fully saturated rings. The van der Waals surface area contributed by atoms with E-state index >= 15 is 0 Å². The molecular formula is C24H27N5O2. The Morgan fingerprint density at radius 3 is 2.77 bits per heavy atom. The zero-order valence-corrected chi connectivity index (χ0v) is 17.5. The lowest BCUT2D eigenvalue weighted by atomic mass is 9.79. The number of benzene rings is 1. The van der Waals surface area contributed by atoms with Crippen molar-refractivity contribution in [2.45, 2.75) is 44.4 Å². The van der Waals surface area contributed by atoms with Crippen LogP contribution < -0.4 is 11.5 Å². The van der Waals surface area contributed by atoms with Crippen molar-refractivity contribution in [1.82, 2.24) is 14.5 Å². The molecule has 0 saturated heterocycles. The molecule has 0 unspecified atom stereocenters. The molecule has 1 aliphatic carbocycles. The van der Waals surface area contributed by atoms with E-state index in [4.69, 9.17) is 11.5 Å². The summed E-state index contributed by atoms with van der Waals surface area (Å²) in [6, 6.07) is 13.6. The fourth-order valence-electron chi connectivity index (χ4n) is 5.01. The van der Waals surface area contributed by atoms with Crippen LogP contribution >= 0.6 is 0 Å². The molecule has 5 rings (SSSR count). The van der Waals surface area contributed by atoms with Gasteiger partial charge in [-0.1, -0.05) is 19.1 Å². The van der Waals surface area contributed by atoms with Crippen molar-refractivity contribution in [2.75, 3.05) is 11.5 Å². The highest BCUT2D eigenvalue weighted by Gasteiger charge is 2.54.